The average molecular weight is 461 g/mol. The molecule has 6 rings (SSSR count). The Morgan fingerprint density at radius 3 is 2.29 bits per heavy atom. The van der Waals surface area contributed by atoms with E-state index in [4.69, 9.17) is 4.98 Å². The van der Waals surface area contributed by atoms with Crippen LogP contribution in [0.25, 0.3) is 45.1 Å². The van der Waals surface area contributed by atoms with Crippen LogP contribution in [0, 0.1) is 6.92 Å². The Morgan fingerprint density at radius 2 is 1.54 bits per heavy atom. The highest BCUT2D eigenvalue weighted by Crippen LogP contribution is 2.31. The fourth-order valence-corrected chi connectivity index (χ4v) is 4.28. The first-order valence-electron chi connectivity index (χ1n) is 11.1. The molecule has 35 heavy (non-hydrogen) atoms. The summed E-state index contributed by atoms with van der Waals surface area (Å²) >= 11 is 0. The van der Waals surface area contributed by atoms with E-state index in [2.05, 4.69) is 79.6 Å². The van der Waals surface area contributed by atoms with Gasteiger partial charge in [0.05, 0.1) is 6.54 Å². The second-order valence-corrected chi connectivity index (χ2v) is 8.18. The molecule has 0 saturated heterocycles. The number of fused-ring (bicyclic) bond motifs is 1. The molecule has 0 radical (unpaired) electrons. The van der Waals surface area contributed by atoms with Crippen LogP contribution >= 0.6 is 0 Å². The molecule has 0 bridgehead atoms. The van der Waals surface area contributed by atoms with Crippen molar-refractivity contribution in [3.8, 4) is 33.9 Å². The van der Waals surface area contributed by atoms with E-state index in [0.29, 0.717) is 12.4 Å². The summed E-state index contributed by atoms with van der Waals surface area (Å²) in [5, 5.41) is 14.4. The Labute approximate surface area is 202 Å². The van der Waals surface area contributed by atoms with Crippen molar-refractivity contribution in [2.75, 3.05) is 0 Å². The number of nitrogens with zero attached hydrogens (tertiary/aromatic N) is 6. The van der Waals surface area contributed by atoms with E-state index in [1.165, 1.54) is 5.56 Å². The number of benzene rings is 3. The Morgan fingerprint density at radius 1 is 0.800 bits per heavy atom. The average Bonchev–Trinajstić information content (AvgIpc) is 3.55. The quantitative estimate of drug-likeness (QED) is 0.352. The highest BCUT2D eigenvalue weighted by Gasteiger charge is 2.16. The standard InChI is InChI=1S/C27H21N7.H3N/c1-18-15-16-28-27-24(18)29-26(21-7-3-2-4-8-21)34(27)17-19-11-13-20(14-12-19)22-9-5-6-10-23(22)25-30-32-33-31-25;/h2-16H,17H2,1H3,(H,30,31,32,33);1H3. The monoisotopic (exact) mass is 460 g/mol. The Bertz CT molecular complexity index is 1570. The van der Waals surface area contributed by atoms with Crippen LogP contribution in [0.15, 0.2) is 91.1 Å². The SMILES string of the molecule is Cc1ccnc2c1nc(-c1ccccc1)n2Cc1ccc(-c2ccccc2-c2nnn[nH]2)cc1.N. The zero-order valence-corrected chi connectivity index (χ0v) is 19.3. The Hall–Kier alpha value is -4.69. The van der Waals surface area contributed by atoms with E-state index >= 15 is 0 Å². The van der Waals surface area contributed by atoms with Crippen molar-refractivity contribution in [2.24, 2.45) is 0 Å². The first-order valence-corrected chi connectivity index (χ1v) is 11.1. The van der Waals surface area contributed by atoms with Gasteiger partial charge in [-0.2, -0.15) is 0 Å². The van der Waals surface area contributed by atoms with Gasteiger partial charge in [-0.3, -0.25) is 0 Å². The molecule has 3 aromatic carbocycles. The van der Waals surface area contributed by atoms with Crippen LogP contribution in [0.4, 0.5) is 0 Å². The van der Waals surface area contributed by atoms with Gasteiger partial charge in [-0.05, 0) is 45.7 Å². The third kappa shape index (κ3) is 4.07. The van der Waals surface area contributed by atoms with E-state index in [1.54, 1.807) is 0 Å². The van der Waals surface area contributed by atoms with Crippen LogP contribution in [-0.4, -0.2) is 35.2 Å². The summed E-state index contributed by atoms with van der Waals surface area (Å²) in [7, 11) is 0. The van der Waals surface area contributed by atoms with Gasteiger partial charge in [0, 0.05) is 17.3 Å². The number of hydrogen-bond donors (Lipinski definition) is 2. The lowest BCUT2D eigenvalue weighted by atomic mass is 9.98. The van der Waals surface area contributed by atoms with Gasteiger partial charge in [0.25, 0.3) is 0 Å². The molecule has 0 aliphatic heterocycles. The van der Waals surface area contributed by atoms with Gasteiger partial charge >= 0.3 is 0 Å². The first-order chi connectivity index (χ1) is 16.8. The molecule has 0 spiro atoms. The van der Waals surface area contributed by atoms with E-state index in [-0.39, 0.29) is 6.15 Å². The Balaban J connectivity index is 0.00000253. The van der Waals surface area contributed by atoms with Gasteiger partial charge in [-0.25, -0.2) is 15.1 Å². The first kappa shape index (κ1) is 22.1. The van der Waals surface area contributed by atoms with Crippen LogP contribution in [0.1, 0.15) is 11.1 Å². The molecule has 3 aromatic heterocycles. The van der Waals surface area contributed by atoms with Crippen molar-refractivity contribution in [1.82, 2.24) is 41.3 Å². The van der Waals surface area contributed by atoms with E-state index in [9.17, 15) is 0 Å². The van der Waals surface area contributed by atoms with Crippen LogP contribution in [0.5, 0.6) is 0 Å². The largest absolute Gasteiger partial charge is 0.344 e. The summed E-state index contributed by atoms with van der Waals surface area (Å²) in [6.07, 6.45) is 1.85. The van der Waals surface area contributed by atoms with Crippen molar-refractivity contribution in [3.63, 3.8) is 0 Å². The number of aryl methyl sites for hydroxylation is 1. The zero-order chi connectivity index (χ0) is 22.9. The molecule has 8 heteroatoms. The van der Waals surface area contributed by atoms with Gasteiger partial charge in [0.15, 0.2) is 11.5 Å². The van der Waals surface area contributed by atoms with Gasteiger partial charge in [-0.1, -0.05) is 78.9 Å². The maximum atomic E-state index is 4.96. The summed E-state index contributed by atoms with van der Waals surface area (Å²) in [6, 6.07) is 29.0. The molecule has 0 fully saturated rings. The number of aromatic amines is 1. The van der Waals surface area contributed by atoms with Crippen molar-refractivity contribution < 1.29 is 0 Å². The topological polar surface area (TPSA) is 120 Å². The summed E-state index contributed by atoms with van der Waals surface area (Å²) in [4.78, 5) is 9.63. The maximum absolute atomic E-state index is 4.96. The van der Waals surface area contributed by atoms with Crippen molar-refractivity contribution in [3.05, 3.63) is 102 Å². The van der Waals surface area contributed by atoms with Crippen molar-refractivity contribution in [1.29, 1.82) is 0 Å². The van der Waals surface area contributed by atoms with Crippen LogP contribution in [-0.2, 0) is 6.54 Å². The minimum Gasteiger partial charge on any atom is -0.344 e. The fourth-order valence-electron chi connectivity index (χ4n) is 4.28. The van der Waals surface area contributed by atoms with E-state index < -0.39 is 0 Å². The predicted octanol–water partition coefficient (Wildman–Crippen LogP) is 5.46. The Kier molecular flexibility index (Phi) is 5.87. The zero-order valence-electron chi connectivity index (χ0n) is 19.3. The molecule has 0 saturated carbocycles. The van der Waals surface area contributed by atoms with Gasteiger partial charge in [0.1, 0.15) is 11.3 Å². The lowest BCUT2D eigenvalue weighted by molar-refractivity contribution is 0.824. The van der Waals surface area contributed by atoms with Gasteiger partial charge < -0.3 is 10.7 Å². The number of aromatic nitrogens is 7. The number of nitrogens with one attached hydrogen (secondary N) is 1. The number of tetrazole rings is 1. The summed E-state index contributed by atoms with van der Waals surface area (Å²) in [5.74, 6) is 1.57. The molecule has 0 aliphatic rings. The molecule has 172 valence electrons. The van der Waals surface area contributed by atoms with Gasteiger partial charge in [-0.15, -0.1) is 5.10 Å². The number of H-pyrrole nitrogens is 1. The second kappa shape index (κ2) is 9.28. The number of pyridine rings is 1. The maximum Gasteiger partial charge on any atom is 0.180 e. The normalized spacial score (nSPS) is 10.9. The van der Waals surface area contributed by atoms with Crippen molar-refractivity contribution in [2.45, 2.75) is 13.5 Å². The fraction of sp³-hybridized carbons (Fsp3) is 0.0741. The molecule has 3 heterocycles. The van der Waals surface area contributed by atoms with Crippen LogP contribution in [0.3, 0.4) is 0 Å². The second-order valence-electron chi connectivity index (χ2n) is 8.18. The molecule has 0 aliphatic carbocycles. The van der Waals surface area contributed by atoms with Crippen molar-refractivity contribution >= 4 is 11.2 Å². The smallest absolute Gasteiger partial charge is 0.180 e. The molecule has 0 atom stereocenters. The van der Waals surface area contributed by atoms with E-state index in [1.807, 2.05) is 48.7 Å². The van der Waals surface area contributed by atoms with Gasteiger partial charge in [0.2, 0.25) is 0 Å². The molecular weight excluding hydrogens is 436 g/mol. The minimum atomic E-state index is 0. The third-order valence-corrected chi connectivity index (χ3v) is 6.00. The highest BCUT2D eigenvalue weighted by atomic mass is 15.5. The number of imidazole rings is 1. The summed E-state index contributed by atoms with van der Waals surface area (Å²) in [5.41, 5.74) is 8.33. The molecule has 6 aromatic rings. The highest BCUT2D eigenvalue weighted by molar-refractivity contribution is 5.81. The lowest BCUT2D eigenvalue weighted by Crippen LogP contribution is -2.03. The van der Waals surface area contributed by atoms with Crippen LogP contribution < -0.4 is 6.15 Å². The molecule has 8 nitrogen and oxygen atoms in total. The molecule has 0 amide bonds. The lowest BCUT2D eigenvalue weighted by Gasteiger charge is -2.11. The summed E-state index contributed by atoms with van der Waals surface area (Å²) in [6.45, 7) is 2.75. The third-order valence-electron chi connectivity index (χ3n) is 6.00. The molecule has 0 unspecified atom stereocenters. The van der Waals surface area contributed by atoms with E-state index in [0.717, 1.165) is 44.8 Å². The molecule has 4 N–H and O–H groups in total. The minimum absolute atomic E-state index is 0. The summed E-state index contributed by atoms with van der Waals surface area (Å²) < 4.78 is 2.20. The number of rotatable bonds is 5. The van der Waals surface area contributed by atoms with Crippen LogP contribution in [0.2, 0.25) is 0 Å². The molecular formula is C27H24N8. The number of hydrogen-bond acceptors (Lipinski definition) is 6. The predicted molar refractivity (Wildman–Crippen MR) is 137 cm³/mol.